The summed E-state index contributed by atoms with van der Waals surface area (Å²) in [6.45, 7) is 5.36. The Morgan fingerprint density at radius 3 is 2.61 bits per heavy atom. The summed E-state index contributed by atoms with van der Waals surface area (Å²) >= 11 is 0. The molecule has 1 aromatic carbocycles. The van der Waals surface area contributed by atoms with Gasteiger partial charge in [0.25, 0.3) is 0 Å². The molecule has 0 N–H and O–H groups in total. The van der Waals surface area contributed by atoms with Crippen LogP contribution in [0.2, 0.25) is 0 Å². The Bertz CT molecular complexity index is 654. The van der Waals surface area contributed by atoms with Gasteiger partial charge >= 0.3 is 0 Å². The third-order valence-corrected chi connectivity index (χ3v) is 7.94. The topological polar surface area (TPSA) is 9.23 Å². The first kappa shape index (κ1) is 20.4. The summed E-state index contributed by atoms with van der Waals surface area (Å²) in [7, 11) is 0. The van der Waals surface area contributed by atoms with E-state index in [0.717, 1.165) is 61.2 Å². The Labute approximate surface area is 171 Å². The van der Waals surface area contributed by atoms with Crippen LogP contribution in [0.1, 0.15) is 101 Å². The molecule has 0 bridgehead atoms. The molecule has 2 saturated carbocycles. The quantitative estimate of drug-likeness (QED) is 0.502. The number of hydrogen-bond donors (Lipinski definition) is 0. The minimum Gasteiger partial charge on any atom is -0.378 e. The Hall–Kier alpha value is -0.890. The standard InChI is InChI=1S/C26H39FO/c1-3-5-18-6-12-24-21(15-18)10-13-25(26(24)27)22-8-7-20-17-23(28-14-4-2)11-9-19(20)16-22/h10,13,18-20,22-23H,3-9,11-12,14-17H2,1-2H3. The van der Waals surface area contributed by atoms with E-state index in [1.165, 1.54) is 56.9 Å². The zero-order valence-corrected chi connectivity index (χ0v) is 18.0. The van der Waals surface area contributed by atoms with Crippen LogP contribution in [0.25, 0.3) is 0 Å². The van der Waals surface area contributed by atoms with Gasteiger partial charge in [0.1, 0.15) is 5.82 Å². The number of hydrogen-bond acceptors (Lipinski definition) is 1. The average Bonchev–Trinajstić information content (AvgIpc) is 2.72. The van der Waals surface area contributed by atoms with E-state index in [4.69, 9.17) is 4.74 Å². The number of ether oxygens (including phenoxy) is 1. The second-order valence-electron chi connectivity index (χ2n) is 9.84. The monoisotopic (exact) mass is 386 g/mol. The molecule has 0 spiro atoms. The van der Waals surface area contributed by atoms with Crippen LogP contribution in [0.4, 0.5) is 4.39 Å². The van der Waals surface area contributed by atoms with Crippen molar-refractivity contribution < 1.29 is 9.13 Å². The van der Waals surface area contributed by atoms with Crippen molar-refractivity contribution in [2.75, 3.05) is 6.61 Å². The third-order valence-electron chi connectivity index (χ3n) is 7.94. The average molecular weight is 387 g/mol. The van der Waals surface area contributed by atoms with Crippen LogP contribution in [-0.4, -0.2) is 12.7 Å². The molecule has 0 radical (unpaired) electrons. The summed E-state index contributed by atoms with van der Waals surface area (Å²) in [6, 6.07) is 4.43. The Morgan fingerprint density at radius 1 is 0.964 bits per heavy atom. The smallest absolute Gasteiger partial charge is 0.130 e. The first-order chi connectivity index (χ1) is 13.7. The lowest BCUT2D eigenvalue weighted by molar-refractivity contribution is -0.0148. The van der Waals surface area contributed by atoms with Gasteiger partial charge in [0.2, 0.25) is 0 Å². The van der Waals surface area contributed by atoms with Crippen LogP contribution in [-0.2, 0) is 17.6 Å². The minimum atomic E-state index is 0.163. The first-order valence-corrected chi connectivity index (χ1v) is 12.1. The van der Waals surface area contributed by atoms with Crippen LogP contribution < -0.4 is 0 Å². The number of rotatable bonds is 6. The van der Waals surface area contributed by atoms with Crippen molar-refractivity contribution in [3.8, 4) is 0 Å². The van der Waals surface area contributed by atoms with E-state index < -0.39 is 0 Å². The maximum absolute atomic E-state index is 15.5. The van der Waals surface area contributed by atoms with Crippen molar-refractivity contribution in [3.63, 3.8) is 0 Å². The van der Waals surface area contributed by atoms with Gasteiger partial charge in [-0.2, -0.15) is 0 Å². The second kappa shape index (κ2) is 9.28. The van der Waals surface area contributed by atoms with Crippen molar-refractivity contribution in [3.05, 3.63) is 34.6 Å². The molecule has 3 aliphatic rings. The number of fused-ring (bicyclic) bond motifs is 2. The predicted molar refractivity (Wildman–Crippen MR) is 114 cm³/mol. The van der Waals surface area contributed by atoms with Crippen molar-refractivity contribution in [1.82, 2.24) is 0 Å². The molecule has 2 heteroatoms. The van der Waals surface area contributed by atoms with Gasteiger partial charge in [0, 0.05) is 6.61 Å². The Kier molecular flexibility index (Phi) is 6.76. The van der Waals surface area contributed by atoms with Gasteiger partial charge in [0.05, 0.1) is 6.10 Å². The fourth-order valence-electron chi connectivity index (χ4n) is 6.44. The van der Waals surface area contributed by atoms with Crippen LogP contribution in [0, 0.1) is 23.6 Å². The molecule has 3 aliphatic carbocycles. The highest BCUT2D eigenvalue weighted by Crippen LogP contribution is 2.47. The van der Waals surface area contributed by atoms with E-state index in [0.29, 0.717) is 12.0 Å². The van der Waals surface area contributed by atoms with E-state index in [1.54, 1.807) is 0 Å². The van der Waals surface area contributed by atoms with Crippen LogP contribution in [0.5, 0.6) is 0 Å². The second-order valence-corrected chi connectivity index (χ2v) is 9.84. The van der Waals surface area contributed by atoms with Crippen LogP contribution in [0.15, 0.2) is 12.1 Å². The van der Waals surface area contributed by atoms with Crippen molar-refractivity contribution in [2.45, 2.75) is 103 Å². The zero-order valence-electron chi connectivity index (χ0n) is 18.0. The first-order valence-electron chi connectivity index (χ1n) is 12.1. The van der Waals surface area contributed by atoms with Gasteiger partial charge in [-0.05, 0) is 105 Å². The highest BCUT2D eigenvalue weighted by atomic mass is 19.1. The number of benzene rings is 1. The normalized spacial score (nSPS) is 32.6. The van der Waals surface area contributed by atoms with Gasteiger partial charge in [-0.1, -0.05) is 38.8 Å². The minimum absolute atomic E-state index is 0.163. The summed E-state index contributed by atoms with van der Waals surface area (Å²) in [5, 5.41) is 0. The molecule has 0 aliphatic heterocycles. The van der Waals surface area contributed by atoms with Gasteiger partial charge in [0.15, 0.2) is 0 Å². The lowest BCUT2D eigenvalue weighted by atomic mass is 9.65. The fourth-order valence-corrected chi connectivity index (χ4v) is 6.44. The van der Waals surface area contributed by atoms with Crippen LogP contribution >= 0.6 is 0 Å². The highest BCUT2D eigenvalue weighted by Gasteiger charge is 2.37. The van der Waals surface area contributed by atoms with Gasteiger partial charge in [-0.3, -0.25) is 0 Å². The summed E-state index contributed by atoms with van der Waals surface area (Å²) < 4.78 is 21.5. The molecule has 0 amide bonds. The lowest BCUT2D eigenvalue weighted by Gasteiger charge is -2.42. The maximum Gasteiger partial charge on any atom is 0.130 e. The molecule has 156 valence electrons. The molecule has 0 heterocycles. The summed E-state index contributed by atoms with van der Waals surface area (Å²) in [6.07, 6.45) is 14.7. The van der Waals surface area contributed by atoms with Crippen molar-refractivity contribution in [1.29, 1.82) is 0 Å². The summed E-state index contributed by atoms with van der Waals surface area (Å²) in [5.74, 6) is 2.96. The molecule has 0 saturated heterocycles. The summed E-state index contributed by atoms with van der Waals surface area (Å²) in [5.41, 5.74) is 3.40. The third kappa shape index (κ3) is 4.32. The Morgan fingerprint density at radius 2 is 1.79 bits per heavy atom. The molecule has 4 rings (SSSR count). The molecule has 0 aromatic heterocycles. The van der Waals surface area contributed by atoms with Gasteiger partial charge < -0.3 is 4.74 Å². The molecule has 1 nitrogen and oxygen atoms in total. The highest BCUT2D eigenvalue weighted by molar-refractivity contribution is 5.38. The van der Waals surface area contributed by atoms with E-state index in [-0.39, 0.29) is 5.82 Å². The molecule has 28 heavy (non-hydrogen) atoms. The van der Waals surface area contributed by atoms with Crippen molar-refractivity contribution >= 4 is 0 Å². The van der Waals surface area contributed by atoms with E-state index in [9.17, 15) is 0 Å². The lowest BCUT2D eigenvalue weighted by Crippen LogP contribution is -2.34. The van der Waals surface area contributed by atoms with Gasteiger partial charge in [-0.15, -0.1) is 0 Å². The molecule has 1 aromatic rings. The van der Waals surface area contributed by atoms with Crippen LogP contribution in [0.3, 0.4) is 0 Å². The fraction of sp³-hybridized carbons (Fsp3) is 0.769. The summed E-state index contributed by atoms with van der Waals surface area (Å²) in [4.78, 5) is 0. The number of halogens is 1. The van der Waals surface area contributed by atoms with E-state index in [2.05, 4.69) is 26.0 Å². The van der Waals surface area contributed by atoms with Crippen molar-refractivity contribution in [2.24, 2.45) is 17.8 Å². The molecule has 5 atom stereocenters. The van der Waals surface area contributed by atoms with Gasteiger partial charge in [-0.25, -0.2) is 4.39 Å². The molecule has 2 fully saturated rings. The Balaban J connectivity index is 1.41. The molecule has 5 unspecified atom stereocenters. The largest absolute Gasteiger partial charge is 0.378 e. The molecular weight excluding hydrogens is 347 g/mol. The molecular formula is C26H39FO. The maximum atomic E-state index is 15.5. The van der Waals surface area contributed by atoms with E-state index >= 15 is 4.39 Å². The predicted octanol–water partition coefficient (Wildman–Crippen LogP) is 7.21. The SMILES string of the molecule is CCCOC1CCC2CC(c3ccc4c(c3F)CCC(CCC)C4)CCC2C1. The zero-order chi connectivity index (χ0) is 19.5. The van der Waals surface area contributed by atoms with E-state index in [1.807, 2.05) is 0 Å².